The third-order valence-electron chi connectivity index (χ3n) is 5.64. The number of hydrogen-bond donors (Lipinski definition) is 0. The molecule has 5 nitrogen and oxygen atoms in total. The highest BCUT2D eigenvalue weighted by atomic mass is 32.2. The van der Waals surface area contributed by atoms with Crippen LogP contribution in [0.15, 0.2) is 82.7 Å². The fourth-order valence-corrected chi connectivity index (χ4v) is 5.06. The average Bonchev–Trinajstić information content (AvgIpc) is 3.14. The molecule has 0 aliphatic carbocycles. The Hall–Kier alpha value is -3.38. The number of carbonyl (C=O) groups excluding carboxylic acids is 1. The number of benzene rings is 3. The van der Waals surface area contributed by atoms with Crippen LogP contribution in [0.2, 0.25) is 0 Å². The summed E-state index contributed by atoms with van der Waals surface area (Å²) in [7, 11) is 1.71. The molecule has 1 unspecified atom stereocenters. The number of para-hydroxylation sites is 3. The molecule has 6 heteroatoms. The minimum absolute atomic E-state index is 0.00712. The molecule has 0 radical (unpaired) electrons. The van der Waals surface area contributed by atoms with Crippen molar-refractivity contribution in [2.45, 2.75) is 23.8 Å². The standard InChI is InChI=1S/C25H21N3O2S/c1-3-22(31-25-26-19-13-7-4-12-18(19)23(29)27(25)2)24(30)28-20-14-8-5-10-16(20)17-11-6-9-15-21(17)28/h4-15,22H,3H2,1-2H3. The maximum absolute atomic E-state index is 13.8. The number of carbonyl (C=O) groups is 1. The predicted molar refractivity (Wildman–Crippen MR) is 127 cm³/mol. The van der Waals surface area contributed by atoms with E-state index >= 15 is 0 Å². The quantitative estimate of drug-likeness (QED) is 0.290. The molecule has 0 bridgehead atoms. The van der Waals surface area contributed by atoms with Crippen molar-refractivity contribution in [3.05, 3.63) is 83.2 Å². The molecule has 0 aliphatic heterocycles. The highest BCUT2D eigenvalue weighted by Crippen LogP contribution is 2.32. The summed E-state index contributed by atoms with van der Waals surface area (Å²) in [5, 5.41) is 2.87. The van der Waals surface area contributed by atoms with Gasteiger partial charge in [0.2, 0.25) is 5.91 Å². The van der Waals surface area contributed by atoms with Gasteiger partial charge in [-0.15, -0.1) is 0 Å². The molecule has 3 aromatic carbocycles. The van der Waals surface area contributed by atoms with Gasteiger partial charge in [-0.05, 0) is 30.7 Å². The van der Waals surface area contributed by atoms with E-state index in [4.69, 9.17) is 0 Å². The van der Waals surface area contributed by atoms with E-state index in [1.807, 2.05) is 78.2 Å². The molecule has 2 heterocycles. The van der Waals surface area contributed by atoms with E-state index in [9.17, 15) is 9.59 Å². The van der Waals surface area contributed by atoms with Crippen LogP contribution in [0.1, 0.15) is 18.1 Å². The van der Waals surface area contributed by atoms with Crippen molar-refractivity contribution >= 4 is 50.4 Å². The van der Waals surface area contributed by atoms with Gasteiger partial charge in [0.05, 0.1) is 27.2 Å². The normalized spacial score (nSPS) is 12.6. The fraction of sp³-hybridized carbons (Fsp3) is 0.160. The van der Waals surface area contributed by atoms with Crippen molar-refractivity contribution in [2.75, 3.05) is 0 Å². The van der Waals surface area contributed by atoms with E-state index in [0.29, 0.717) is 22.5 Å². The van der Waals surface area contributed by atoms with Crippen molar-refractivity contribution in [3.8, 4) is 0 Å². The van der Waals surface area contributed by atoms with Gasteiger partial charge in [-0.25, -0.2) is 4.98 Å². The highest BCUT2D eigenvalue weighted by molar-refractivity contribution is 8.00. The minimum Gasteiger partial charge on any atom is -0.290 e. The molecule has 0 aliphatic rings. The molecular formula is C25H21N3O2S. The molecule has 5 aromatic rings. The first-order valence-electron chi connectivity index (χ1n) is 10.2. The largest absolute Gasteiger partial charge is 0.290 e. The van der Waals surface area contributed by atoms with E-state index in [2.05, 4.69) is 4.98 Å². The Kier molecular flexibility index (Phi) is 4.87. The van der Waals surface area contributed by atoms with Gasteiger partial charge in [-0.3, -0.25) is 18.7 Å². The summed E-state index contributed by atoms with van der Waals surface area (Å²) in [4.78, 5) is 31.2. The lowest BCUT2D eigenvalue weighted by Crippen LogP contribution is -2.26. The van der Waals surface area contributed by atoms with Gasteiger partial charge in [0.25, 0.3) is 5.56 Å². The molecule has 1 atom stereocenters. The van der Waals surface area contributed by atoms with Crippen LogP contribution in [-0.4, -0.2) is 25.3 Å². The zero-order chi connectivity index (χ0) is 21.5. The Labute approximate surface area is 183 Å². The zero-order valence-electron chi connectivity index (χ0n) is 17.3. The van der Waals surface area contributed by atoms with Crippen LogP contribution < -0.4 is 5.56 Å². The van der Waals surface area contributed by atoms with Crippen molar-refractivity contribution in [2.24, 2.45) is 7.05 Å². The minimum atomic E-state index is -0.376. The Morgan fingerprint density at radius 3 is 2.06 bits per heavy atom. The van der Waals surface area contributed by atoms with E-state index in [0.717, 1.165) is 21.8 Å². The molecule has 0 saturated carbocycles. The lowest BCUT2D eigenvalue weighted by atomic mass is 10.2. The molecule has 0 fully saturated rings. The molecule has 0 N–H and O–H groups in total. The first kappa shape index (κ1) is 19.6. The molecule has 2 aromatic heterocycles. The average molecular weight is 428 g/mol. The summed E-state index contributed by atoms with van der Waals surface area (Å²) in [6, 6.07) is 23.2. The Morgan fingerprint density at radius 2 is 1.45 bits per heavy atom. The van der Waals surface area contributed by atoms with Crippen LogP contribution in [-0.2, 0) is 7.05 Å². The number of rotatable bonds is 4. The van der Waals surface area contributed by atoms with Crippen molar-refractivity contribution in [1.29, 1.82) is 0 Å². The smallest absolute Gasteiger partial charge is 0.261 e. The first-order valence-corrected chi connectivity index (χ1v) is 11.1. The topological polar surface area (TPSA) is 56.9 Å². The van der Waals surface area contributed by atoms with E-state index < -0.39 is 0 Å². The van der Waals surface area contributed by atoms with Crippen molar-refractivity contribution in [3.63, 3.8) is 0 Å². The maximum atomic E-state index is 13.8. The molecule has 0 saturated heterocycles. The zero-order valence-corrected chi connectivity index (χ0v) is 18.1. The summed E-state index contributed by atoms with van der Waals surface area (Å²) < 4.78 is 3.35. The monoisotopic (exact) mass is 427 g/mol. The van der Waals surface area contributed by atoms with Crippen molar-refractivity contribution < 1.29 is 4.79 Å². The second-order valence-electron chi connectivity index (χ2n) is 7.50. The molecule has 0 spiro atoms. The third kappa shape index (κ3) is 3.15. The number of hydrogen-bond acceptors (Lipinski definition) is 4. The molecule has 154 valence electrons. The lowest BCUT2D eigenvalue weighted by Gasteiger charge is -2.17. The SMILES string of the molecule is CCC(Sc1nc2ccccc2c(=O)n1C)C(=O)n1c2ccccc2c2ccccc21. The van der Waals surface area contributed by atoms with Crippen molar-refractivity contribution in [1.82, 2.24) is 14.1 Å². The van der Waals surface area contributed by atoms with E-state index in [1.165, 1.54) is 16.3 Å². The second kappa shape index (κ2) is 7.71. The van der Waals surface area contributed by atoms with E-state index in [1.54, 1.807) is 13.1 Å². The van der Waals surface area contributed by atoms with Crippen LogP contribution in [0, 0.1) is 0 Å². The van der Waals surface area contributed by atoms with Gasteiger partial charge in [0.1, 0.15) is 0 Å². The summed E-state index contributed by atoms with van der Waals surface area (Å²) in [6.07, 6.45) is 0.618. The summed E-state index contributed by atoms with van der Waals surface area (Å²) >= 11 is 1.35. The summed E-state index contributed by atoms with van der Waals surface area (Å²) in [5.41, 5.74) is 2.33. The molecule has 31 heavy (non-hydrogen) atoms. The molecular weight excluding hydrogens is 406 g/mol. The van der Waals surface area contributed by atoms with Gasteiger partial charge >= 0.3 is 0 Å². The maximum Gasteiger partial charge on any atom is 0.261 e. The molecule has 5 rings (SSSR count). The van der Waals surface area contributed by atoms with Crippen LogP contribution in [0.25, 0.3) is 32.7 Å². The summed E-state index contributed by atoms with van der Waals surface area (Å²) in [5.74, 6) is -0.00712. The van der Waals surface area contributed by atoms with Gasteiger partial charge in [0, 0.05) is 17.8 Å². The van der Waals surface area contributed by atoms with Crippen LogP contribution in [0.5, 0.6) is 0 Å². The van der Waals surface area contributed by atoms with Gasteiger partial charge in [0.15, 0.2) is 5.16 Å². The Bertz CT molecular complexity index is 1460. The van der Waals surface area contributed by atoms with Gasteiger partial charge < -0.3 is 0 Å². The Balaban J connectivity index is 1.62. The first-order chi connectivity index (χ1) is 15.1. The van der Waals surface area contributed by atoms with Gasteiger partial charge in [-0.2, -0.15) is 0 Å². The number of aromatic nitrogens is 3. The van der Waals surface area contributed by atoms with E-state index in [-0.39, 0.29) is 16.7 Å². The second-order valence-corrected chi connectivity index (χ2v) is 8.67. The van der Waals surface area contributed by atoms with Gasteiger partial charge in [-0.1, -0.05) is 67.2 Å². The van der Waals surface area contributed by atoms with Crippen LogP contribution >= 0.6 is 11.8 Å². The number of nitrogens with zero attached hydrogens (tertiary/aromatic N) is 3. The number of fused-ring (bicyclic) bond motifs is 4. The third-order valence-corrected chi connectivity index (χ3v) is 7.03. The lowest BCUT2D eigenvalue weighted by molar-refractivity contribution is 0.0919. The van der Waals surface area contributed by atoms with Crippen LogP contribution in [0.3, 0.4) is 0 Å². The predicted octanol–water partition coefficient (Wildman–Crippen LogP) is 5.25. The fourth-order valence-electron chi connectivity index (χ4n) is 4.04. The molecule has 0 amide bonds. The van der Waals surface area contributed by atoms with Crippen LogP contribution in [0.4, 0.5) is 0 Å². The Morgan fingerprint density at radius 1 is 0.903 bits per heavy atom. The summed E-state index contributed by atoms with van der Waals surface area (Å²) in [6.45, 7) is 1.99. The number of thioether (sulfide) groups is 1. The highest BCUT2D eigenvalue weighted by Gasteiger charge is 2.25.